The van der Waals surface area contributed by atoms with Gasteiger partial charge in [0.1, 0.15) is 12.4 Å². The van der Waals surface area contributed by atoms with Crippen molar-refractivity contribution in [3.05, 3.63) is 64.1 Å². The molecule has 0 heterocycles. The zero-order valence-corrected chi connectivity index (χ0v) is 15.0. The maximum atomic E-state index is 11.9. The van der Waals surface area contributed by atoms with Crippen molar-refractivity contribution in [1.82, 2.24) is 10.2 Å². The monoisotopic (exact) mass is 366 g/mol. The second-order valence-electron chi connectivity index (χ2n) is 5.45. The first-order chi connectivity index (χ1) is 11.5. The Morgan fingerprint density at radius 1 is 1.12 bits per heavy atom. The third-order valence-corrected chi connectivity index (χ3v) is 3.83. The number of likely N-dealkylation sites (N-methyl/N-ethyl adjacent to an activating group) is 1. The first-order valence-corrected chi connectivity index (χ1v) is 8.36. The van der Waals surface area contributed by atoms with E-state index in [4.69, 9.17) is 27.9 Å². The van der Waals surface area contributed by atoms with Gasteiger partial charge in [0.2, 0.25) is 5.91 Å². The average molecular weight is 367 g/mol. The smallest absolute Gasteiger partial charge is 0.234 e. The van der Waals surface area contributed by atoms with Gasteiger partial charge in [-0.1, -0.05) is 35.3 Å². The summed E-state index contributed by atoms with van der Waals surface area (Å²) < 4.78 is 5.61. The number of carbonyl (C=O) groups excluding carboxylic acids is 1. The molecular formula is C18H20Cl2N2O2. The second-order valence-corrected chi connectivity index (χ2v) is 6.32. The number of ether oxygens (including phenoxy) is 1. The summed E-state index contributed by atoms with van der Waals surface area (Å²) in [5.41, 5.74) is 0.976. The number of carbonyl (C=O) groups is 1. The standard InChI is InChI=1S/C18H20Cl2N2O2/c1-22(9-10-24-17-7-5-15(19)6-8-17)13-18(23)21-12-14-3-2-4-16(20)11-14/h2-8,11H,9-10,12-13H2,1H3,(H,21,23). The van der Waals surface area contributed by atoms with Crippen LogP contribution in [-0.4, -0.2) is 37.6 Å². The lowest BCUT2D eigenvalue weighted by molar-refractivity contribution is -0.122. The fourth-order valence-electron chi connectivity index (χ4n) is 2.08. The number of hydrogen-bond acceptors (Lipinski definition) is 3. The highest BCUT2D eigenvalue weighted by atomic mass is 35.5. The van der Waals surface area contributed by atoms with Crippen molar-refractivity contribution in [2.75, 3.05) is 26.7 Å². The summed E-state index contributed by atoms with van der Waals surface area (Å²) in [7, 11) is 1.88. The molecule has 0 spiro atoms. The molecule has 0 saturated heterocycles. The summed E-state index contributed by atoms with van der Waals surface area (Å²) in [5.74, 6) is 0.724. The molecule has 0 unspecified atom stereocenters. The molecule has 0 radical (unpaired) electrons. The molecule has 2 aromatic rings. The third kappa shape index (κ3) is 6.79. The van der Waals surface area contributed by atoms with Crippen molar-refractivity contribution in [1.29, 1.82) is 0 Å². The van der Waals surface area contributed by atoms with Crippen LogP contribution in [0.1, 0.15) is 5.56 Å². The molecule has 4 nitrogen and oxygen atoms in total. The molecule has 24 heavy (non-hydrogen) atoms. The van der Waals surface area contributed by atoms with Crippen LogP contribution in [0.4, 0.5) is 0 Å². The van der Waals surface area contributed by atoms with Crippen LogP contribution >= 0.6 is 23.2 Å². The first-order valence-electron chi connectivity index (χ1n) is 7.61. The lowest BCUT2D eigenvalue weighted by Gasteiger charge is -2.16. The molecule has 0 aliphatic rings. The highest BCUT2D eigenvalue weighted by Crippen LogP contribution is 2.15. The van der Waals surface area contributed by atoms with Gasteiger partial charge < -0.3 is 10.1 Å². The van der Waals surface area contributed by atoms with Gasteiger partial charge in [-0.3, -0.25) is 9.69 Å². The zero-order chi connectivity index (χ0) is 17.4. The molecule has 2 rings (SSSR count). The molecule has 0 aliphatic heterocycles. The molecule has 0 saturated carbocycles. The number of rotatable bonds is 8. The molecule has 1 N–H and O–H groups in total. The van der Waals surface area contributed by atoms with E-state index in [1.165, 1.54) is 0 Å². The van der Waals surface area contributed by atoms with E-state index in [0.29, 0.717) is 36.3 Å². The average Bonchev–Trinajstić information content (AvgIpc) is 2.55. The van der Waals surface area contributed by atoms with Gasteiger partial charge in [0.15, 0.2) is 0 Å². The fraction of sp³-hybridized carbons (Fsp3) is 0.278. The zero-order valence-electron chi connectivity index (χ0n) is 13.5. The topological polar surface area (TPSA) is 41.6 Å². The molecular weight excluding hydrogens is 347 g/mol. The number of nitrogens with one attached hydrogen (secondary N) is 1. The summed E-state index contributed by atoms with van der Waals surface area (Å²) in [4.78, 5) is 13.8. The van der Waals surface area contributed by atoms with E-state index >= 15 is 0 Å². The molecule has 0 aromatic heterocycles. The van der Waals surface area contributed by atoms with E-state index in [9.17, 15) is 4.79 Å². The first kappa shape index (κ1) is 18.6. The van der Waals surface area contributed by atoms with Gasteiger partial charge in [-0.05, 0) is 49.0 Å². The van der Waals surface area contributed by atoms with Crippen LogP contribution < -0.4 is 10.1 Å². The number of halogens is 2. The minimum atomic E-state index is -0.0380. The van der Waals surface area contributed by atoms with E-state index in [1.807, 2.05) is 42.3 Å². The SMILES string of the molecule is CN(CCOc1ccc(Cl)cc1)CC(=O)NCc1cccc(Cl)c1. The highest BCUT2D eigenvalue weighted by molar-refractivity contribution is 6.30. The summed E-state index contributed by atoms with van der Waals surface area (Å²) in [6.45, 7) is 1.92. The van der Waals surface area contributed by atoms with Gasteiger partial charge in [-0.15, -0.1) is 0 Å². The quantitative estimate of drug-likeness (QED) is 0.775. The van der Waals surface area contributed by atoms with Gasteiger partial charge >= 0.3 is 0 Å². The Morgan fingerprint density at radius 2 is 1.88 bits per heavy atom. The van der Waals surface area contributed by atoms with E-state index in [2.05, 4.69) is 5.32 Å². The van der Waals surface area contributed by atoms with Crippen LogP contribution in [0, 0.1) is 0 Å². The van der Waals surface area contributed by atoms with Crippen LogP contribution in [0.3, 0.4) is 0 Å². The fourth-order valence-corrected chi connectivity index (χ4v) is 2.42. The molecule has 0 fully saturated rings. The molecule has 0 aliphatic carbocycles. The van der Waals surface area contributed by atoms with Crippen molar-refractivity contribution >= 4 is 29.1 Å². The normalized spacial score (nSPS) is 10.7. The molecule has 6 heteroatoms. The number of benzene rings is 2. The largest absolute Gasteiger partial charge is 0.492 e. The summed E-state index contributed by atoms with van der Waals surface area (Å²) >= 11 is 11.7. The van der Waals surface area contributed by atoms with Crippen LogP contribution in [0.15, 0.2) is 48.5 Å². The van der Waals surface area contributed by atoms with Crippen LogP contribution in [0.5, 0.6) is 5.75 Å². The van der Waals surface area contributed by atoms with E-state index in [1.54, 1.807) is 18.2 Å². The predicted octanol–water partition coefficient (Wildman–Crippen LogP) is 3.62. The Bertz CT molecular complexity index is 662. The second kappa shape index (κ2) is 9.52. The highest BCUT2D eigenvalue weighted by Gasteiger charge is 2.06. The van der Waals surface area contributed by atoms with Crippen LogP contribution in [-0.2, 0) is 11.3 Å². The summed E-state index contributed by atoms with van der Waals surface area (Å²) in [5, 5.41) is 4.22. The number of nitrogens with zero attached hydrogens (tertiary/aromatic N) is 1. The summed E-state index contributed by atoms with van der Waals surface area (Å²) in [6.07, 6.45) is 0. The predicted molar refractivity (Wildman–Crippen MR) is 97.7 cm³/mol. The Balaban J connectivity index is 1.65. The van der Waals surface area contributed by atoms with E-state index < -0.39 is 0 Å². The summed E-state index contributed by atoms with van der Waals surface area (Å²) in [6, 6.07) is 14.6. The molecule has 0 atom stereocenters. The number of amides is 1. The van der Waals surface area contributed by atoms with Crippen molar-refractivity contribution in [2.24, 2.45) is 0 Å². The van der Waals surface area contributed by atoms with Crippen molar-refractivity contribution in [2.45, 2.75) is 6.54 Å². The third-order valence-electron chi connectivity index (χ3n) is 3.35. The van der Waals surface area contributed by atoms with E-state index in [-0.39, 0.29) is 5.91 Å². The molecule has 128 valence electrons. The van der Waals surface area contributed by atoms with Gasteiger partial charge in [0.05, 0.1) is 6.54 Å². The maximum Gasteiger partial charge on any atom is 0.234 e. The molecule has 2 aromatic carbocycles. The Morgan fingerprint density at radius 3 is 2.58 bits per heavy atom. The Kier molecular flexibility index (Phi) is 7.37. The lowest BCUT2D eigenvalue weighted by Crippen LogP contribution is -2.36. The molecule has 0 bridgehead atoms. The van der Waals surface area contributed by atoms with Crippen LogP contribution in [0.2, 0.25) is 10.0 Å². The van der Waals surface area contributed by atoms with Crippen LogP contribution in [0.25, 0.3) is 0 Å². The van der Waals surface area contributed by atoms with Gasteiger partial charge in [-0.25, -0.2) is 0 Å². The van der Waals surface area contributed by atoms with Gasteiger partial charge in [-0.2, -0.15) is 0 Å². The maximum absolute atomic E-state index is 11.9. The number of hydrogen-bond donors (Lipinski definition) is 1. The van der Waals surface area contributed by atoms with Gasteiger partial charge in [0.25, 0.3) is 0 Å². The minimum Gasteiger partial charge on any atom is -0.492 e. The minimum absolute atomic E-state index is 0.0380. The van der Waals surface area contributed by atoms with Crippen molar-refractivity contribution in [3.8, 4) is 5.75 Å². The Hall–Kier alpha value is -1.75. The van der Waals surface area contributed by atoms with Gasteiger partial charge in [0, 0.05) is 23.1 Å². The lowest BCUT2D eigenvalue weighted by atomic mass is 10.2. The Labute approximate surface area is 152 Å². The van der Waals surface area contributed by atoms with Crippen molar-refractivity contribution < 1.29 is 9.53 Å². The molecule has 1 amide bonds. The van der Waals surface area contributed by atoms with E-state index in [0.717, 1.165) is 11.3 Å². The van der Waals surface area contributed by atoms with Crippen molar-refractivity contribution in [3.63, 3.8) is 0 Å².